The number of nitrogens with zero attached hydrogens (tertiary/aromatic N) is 4. The molecule has 0 radical (unpaired) electrons. The second kappa shape index (κ2) is 10.5. The molecule has 2 heterocycles. The maximum atomic E-state index is 9.03. The molecular weight excluding hydrogens is 524 g/mol. The van der Waals surface area contributed by atoms with Crippen molar-refractivity contribution >= 4 is 21.8 Å². The zero-order chi connectivity index (χ0) is 39.9. The van der Waals surface area contributed by atoms with Crippen molar-refractivity contribution in [2.24, 2.45) is 0 Å². The van der Waals surface area contributed by atoms with Gasteiger partial charge in [-0.2, -0.15) is 0 Å². The average molecular weight is 564 g/mol. The summed E-state index contributed by atoms with van der Waals surface area (Å²) in [4.78, 5) is 14.1. The molecule has 0 fully saturated rings. The molecule has 0 saturated carbocycles. The molecule has 8 aromatic rings. The van der Waals surface area contributed by atoms with E-state index in [1.54, 1.807) is 48.5 Å². The summed E-state index contributed by atoms with van der Waals surface area (Å²) in [5.41, 5.74) is 1.98. The second-order valence-corrected chi connectivity index (χ2v) is 9.59. The smallest absolute Gasteiger partial charge is 0.164 e. The van der Waals surface area contributed by atoms with E-state index in [0.29, 0.717) is 22.3 Å². The van der Waals surface area contributed by atoms with Crippen molar-refractivity contribution in [2.45, 2.75) is 0 Å². The van der Waals surface area contributed by atoms with E-state index in [0.717, 1.165) is 0 Å². The van der Waals surface area contributed by atoms with Crippen LogP contribution in [0.3, 0.4) is 0 Å². The Morgan fingerprint density at radius 2 is 0.907 bits per heavy atom. The van der Waals surface area contributed by atoms with Crippen LogP contribution in [-0.4, -0.2) is 19.5 Å². The highest BCUT2D eigenvalue weighted by Crippen LogP contribution is 2.36. The predicted molar refractivity (Wildman–Crippen MR) is 176 cm³/mol. The second-order valence-electron chi connectivity index (χ2n) is 9.59. The highest BCUT2D eigenvalue weighted by Gasteiger charge is 2.17. The maximum Gasteiger partial charge on any atom is 0.164 e. The average Bonchev–Trinajstić information content (AvgIpc) is 3.59. The third-order valence-electron chi connectivity index (χ3n) is 6.96. The van der Waals surface area contributed by atoms with Gasteiger partial charge in [-0.05, 0) is 41.4 Å². The van der Waals surface area contributed by atoms with E-state index in [1.165, 1.54) is 4.57 Å². The van der Waals surface area contributed by atoms with Gasteiger partial charge in [-0.25, -0.2) is 15.0 Å². The predicted octanol–water partition coefficient (Wildman–Crippen LogP) is 9.64. The molecule has 8 rings (SSSR count). The minimum absolute atomic E-state index is 0.0178. The first kappa shape index (κ1) is 14.9. The minimum atomic E-state index is -0.580. The summed E-state index contributed by atoms with van der Waals surface area (Å²) in [5.74, 6) is -0.0500. The lowest BCUT2D eigenvalue weighted by atomic mass is 10.0. The van der Waals surface area contributed by atoms with Gasteiger partial charge in [0.2, 0.25) is 0 Å². The van der Waals surface area contributed by atoms with Crippen LogP contribution in [0, 0.1) is 0 Å². The standard InChI is InChI=1S/C39H26N4/c1-4-14-27(15-5-1)30-24-31(26-32(25-30)43-35-22-12-10-20-33(35)34-21-11-13-23-36(34)43)39-41-37(28-16-6-2-7-17-28)40-38(42-39)29-18-8-3-9-19-29/h1-26H/i2D,6D,7D,10D,11D,12D,13D,16D,17D,20D,21D,22D,23D. The molecule has 6 aromatic carbocycles. The molecule has 2 aromatic heterocycles. The lowest BCUT2D eigenvalue weighted by Crippen LogP contribution is -2.01. The van der Waals surface area contributed by atoms with E-state index in [2.05, 4.69) is 9.97 Å². The van der Waals surface area contributed by atoms with Crippen molar-refractivity contribution in [2.75, 3.05) is 0 Å². The highest BCUT2D eigenvalue weighted by atomic mass is 15.0. The first-order chi connectivity index (χ1) is 26.7. The van der Waals surface area contributed by atoms with Crippen molar-refractivity contribution in [3.63, 3.8) is 0 Å². The minimum Gasteiger partial charge on any atom is -0.309 e. The number of hydrogen-bond acceptors (Lipinski definition) is 3. The van der Waals surface area contributed by atoms with Gasteiger partial charge in [-0.3, -0.25) is 0 Å². The molecule has 0 aliphatic heterocycles. The zero-order valence-corrected chi connectivity index (χ0v) is 22.3. The van der Waals surface area contributed by atoms with Gasteiger partial charge in [-0.15, -0.1) is 0 Å². The van der Waals surface area contributed by atoms with Crippen LogP contribution < -0.4 is 0 Å². The van der Waals surface area contributed by atoms with E-state index in [1.807, 2.05) is 30.3 Å². The SMILES string of the molecule is [2H]c1c([2H])c([2H])c(-c2nc(-c3ccccc3)nc(-c3cc(-c4ccccc4)cc(-n4c5c([2H])c([2H])c([2H])c([2H])c5c5c([2H])c([2H])c([2H])c([2H])c54)c3)n2)c([2H])c1[2H]. The molecule has 0 spiro atoms. The van der Waals surface area contributed by atoms with E-state index < -0.39 is 78.6 Å². The Balaban J connectivity index is 1.53. The number of para-hydroxylation sites is 2. The summed E-state index contributed by atoms with van der Waals surface area (Å²) in [7, 11) is 0. The fraction of sp³-hybridized carbons (Fsp3) is 0. The summed E-state index contributed by atoms with van der Waals surface area (Å²) in [6.45, 7) is 0. The van der Waals surface area contributed by atoms with Crippen LogP contribution >= 0.6 is 0 Å². The van der Waals surface area contributed by atoms with E-state index >= 15 is 0 Å². The lowest BCUT2D eigenvalue weighted by Gasteiger charge is -2.14. The summed E-state index contributed by atoms with van der Waals surface area (Å²) >= 11 is 0. The quantitative estimate of drug-likeness (QED) is 0.209. The molecular formula is C39H26N4. The fourth-order valence-corrected chi connectivity index (χ4v) is 5.04. The molecule has 4 nitrogen and oxygen atoms in total. The van der Waals surface area contributed by atoms with E-state index in [9.17, 15) is 0 Å². The van der Waals surface area contributed by atoms with Gasteiger partial charge < -0.3 is 4.57 Å². The molecule has 0 saturated heterocycles. The molecule has 202 valence electrons. The van der Waals surface area contributed by atoms with Crippen molar-refractivity contribution in [1.82, 2.24) is 19.5 Å². The molecule has 0 aliphatic carbocycles. The monoisotopic (exact) mass is 563 g/mol. The van der Waals surface area contributed by atoms with Crippen LogP contribution in [0.25, 0.3) is 72.8 Å². The van der Waals surface area contributed by atoms with Gasteiger partial charge >= 0.3 is 0 Å². The van der Waals surface area contributed by atoms with E-state index in [4.69, 9.17) is 22.8 Å². The molecule has 0 aliphatic rings. The number of benzene rings is 6. The van der Waals surface area contributed by atoms with Gasteiger partial charge in [0.1, 0.15) is 0 Å². The third-order valence-corrected chi connectivity index (χ3v) is 6.96. The Kier molecular flexibility index (Phi) is 3.63. The van der Waals surface area contributed by atoms with Gasteiger partial charge in [0, 0.05) is 33.2 Å². The van der Waals surface area contributed by atoms with Crippen LogP contribution in [-0.2, 0) is 0 Å². The van der Waals surface area contributed by atoms with Crippen LogP contribution in [0.4, 0.5) is 0 Å². The van der Waals surface area contributed by atoms with Gasteiger partial charge in [-0.1, -0.05) is 127 Å². The molecule has 0 bridgehead atoms. The van der Waals surface area contributed by atoms with Crippen molar-refractivity contribution in [3.05, 3.63) is 157 Å². The Morgan fingerprint density at radius 3 is 1.53 bits per heavy atom. The van der Waals surface area contributed by atoms with Gasteiger partial charge in [0.15, 0.2) is 17.5 Å². The summed E-state index contributed by atoms with van der Waals surface area (Å²) < 4.78 is 113. The van der Waals surface area contributed by atoms with Crippen molar-refractivity contribution in [3.8, 4) is 51.0 Å². The molecule has 0 atom stereocenters. The summed E-state index contributed by atoms with van der Waals surface area (Å²) in [6, 6.07) is 16.2. The van der Waals surface area contributed by atoms with E-state index in [-0.39, 0.29) is 50.5 Å². The molecule has 43 heavy (non-hydrogen) atoms. The molecule has 4 heteroatoms. The van der Waals surface area contributed by atoms with Gasteiger partial charge in [0.05, 0.1) is 28.9 Å². The van der Waals surface area contributed by atoms with Crippen LogP contribution in [0.2, 0.25) is 0 Å². The number of fused-ring (bicyclic) bond motifs is 3. The topological polar surface area (TPSA) is 43.6 Å². The normalized spacial score (nSPS) is 15.5. The molecule has 0 amide bonds. The zero-order valence-electron chi connectivity index (χ0n) is 35.3. The third kappa shape index (κ3) is 4.55. The largest absolute Gasteiger partial charge is 0.309 e. The maximum absolute atomic E-state index is 9.03. The van der Waals surface area contributed by atoms with Crippen LogP contribution in [0.15, 0.2) is 157 Å². The number of aromatic nitrogens is 4. The van der Waals surface area contributed by atoms with Crippen LogP contribution in [0.1, 0.15) is 17.8 Å². The number of rotatable bonds is 5. The summed E-state index contributed by atoms with van der Waals surface area (Å²) in [6.07, 6.45) is 0. The Morgan fingerprint density at radius 1 is 0.419 bits per heavy atom. The lowest BCUT2D eigenvalue weighted by molar-refractivity contribution is 1.07. The first-order valence-electron chi connectivity index (χ1n) is 19.8. The Bertz CT molecular complexity index is 2850. The van der Waals surface area contributed by atoms with Gasteiger partial charge in [0.25, 0.3) is 0 Å². The molecule has 0 N–H and O–H groups in total. The number of hydrogen-bond donors (Lipinski definition) is 0. The van der Waals surface area contributed by atoms with Crippen LogP contribution in [0.5, 0.6) is 0 Å². The van der Waals surface area contributed by atoms with Crippen molar-refractivity contribution in [1.29, 1.82) is 0 Å². The first-order valence-corrected chi connectivity index (χ1v) is 13.3. The molecule has 0 unspecified atom stereocenters. The Hall–Kier alpha value is -5.87. The fourth-order valence-electron chi connectivity index (χ4n) is 5.04. The summed E-state index contributed by atoms with van der Waals surface area (Å²) in [5, 5.41) is -0.167. The Labute approximate surface area is 267 Å². The van der Waals surface area contributed by atoms with Crippen molar-refractivity contribution < 1.29 is 17.8 Å². The highest BCUT2D eigenvalue weighted by molar-refractivity contribution is 6.09.